The van der Waals surface area contributed by atoms with Gasteiger partial charge in [-0.25, -0.2) is 0 Å². The fraction of sp³-hybridized carbons (Fsp3) is 0.364. The van der Waals surface area contributed by atoms with Crippen LogP contribution in [0.15, 0.2) is 27.1 Å². The van der Waals surface area contributed by atoms with Crippen molar-refractivity contribution in [3.63, 3.8) is 0 Å². The summed E-state index contributed by atoms with van der Waals surface area (Å²) in [6.45, 7) is 1.32. The van der Waals surface area contributed by atoms with Gasteiger partial charge in [0.25, 0.3) is 5.91 Å². The highest BCUT2D eigenvalue weighted by molar-refractivity contribution is 9.11. The monoisotopic (exact) mass is 387 g/mol. The van der Waals surface area contributed by atoms with E-state index in [1.165, 1.54) is 6.92 Å². The zero-order valence-corrected chi connectivity index (χ0v) is 12.5. The predicted octanol–water partition coefficient (Wildman–Crippen LogP) is 4.28. The molecule has 1 aromatic rings. The van der Waals surface area contributed by atoms with Gasteiger partial charge >= 0.3 is 6.18 Å². The van der Waals surface area contributed by atoms with Crippen LogP contribution >= 0.6 is 31.9 Å². The first kappa shape index (κ1) is 15.5. The topological polar surface area (TPSA) is 29.1 Å². The van der Waals surface area contributed by atoms with Crippen molar-refractivity contribution in [3.05, 3.63) is 32.7 Å². The Labute approximate surface area is 119 Å². The fourth-order valence-electron chi connectivity index (χ4n) is 1.39. The number of halogens is 5. The summed E-state index contributed by atoms with van der Waals surface area (Å²) in [5.74, 6) is -0.534. The van der Waals surface area contributed by atoms with Crippen molar-refractivity contribution in [2.45, 2.75) is 25.6 Å². The van der Waals surface area contributed by atoms with Crippen LogP contribution in [-0.2, 0) is 0 Å². The number of hydrogen-bond acceptors (Lipinski definition) is 1. The highest BCUT2D eigenvalue weighted by Crippen LogP contribution is 2.22. The average molecular weight is 389 g/mol. The summed E-state index contributed by atoms with van der Waals surface area (Å²) < 4.78 is 37.7. The zero-order valence-electron chi connectivity index (χ0n) is 9.31. The zero-order chi connectivity index (χ0) is 13.9. The molecular formula is C11H10Br2F3NO. The largest absolute Gasteiger partial charge is 0.391 e. The lowest BCUT2D eigenvalue weighted by molar-refractivity contribution is -0.138. The highest BCUT2D eigenvalue weighted by atomic mass is 79.9. The van der Waals surface area contributed by atoms with Crippen LogP contribution in [0.2, 0.25) is 0 Å². The average Bonchev–Trinajstić information content (AvgIpc) is 2.12. The van der Waals surface area contributed by atoms with Crippen molar-refractivity contribution in [3.8, 4) is 0 Å². The van der Waals surface area contributed by atoms with E-state index in [0.29, 0.717) is 14.5 Å². The predicted molar refractivity (Wildman–Crippen MR) is 69.4 cm³/mol. The normalized spacial score (nSPS) is 13.2. The smallest absolute Gasteiger partial charge is 0.349 e. The van der Waals surface area contributed by atoms with E-state index in [2.05, 4.69) is 37.2 Å². The minimum Gasteiger partial charge on any atom is -0.349 e. The number of carbonyl (C=O) groups excluding carboxylic acids is 1. The molecule has 0 heterocycles. The number of nitrogens with one attached hydrogen (secondary N) is 1. The van der Waals surface area contributed by atoms with Gasteiger partial charge in [-0.2, -0.15) is 13.2 Å². The molecule has 7 heteroatoms. The molecule has 0 radical (unpaired) electrons. The van der Waals surface area contributed by atoms with Crippen molar-refractivity contribution >= 4 is 37.8 Å². The van der Waals surface area contributed by atoms with Crippen molar-refractivity contribution in [1.82, 2.24) is 5.32 Å². The van der Waals surface area contributed by atoms with Crippen LogP contribution in [0.3, 0.4) is 0 Å². The Morgan fingerprint density at radius 2 is 1.78 bits per heavy atom. The molecule has 1 atom stereocenters. The van der Waals surface area contributed by atoms with Crippen LogP contribution in [0.5, 0.6) is 0 Å². The lowest BCUT2D eigenvalue weighted by atomic mass is 10.2. The van der Waals surface area contributed by atoms with Gasteiger partial charge in [-0.1, -0.05) is 31.9 Å². The Bertz CT molecular complexity index is 428. The van der Waals surface area contributed by atoms with Gasteiger partial charge in [0.15, 0.2) is 0 Å². The standard InChI is InChI=1S/C11H10Br2F3NO/c1-6(5-11(14,15)16)17-10(18)7-2-8(12)4-9(13)3-7/h2-4,6H,5H2,1H3,(H,17,18). The molecule has 1 aromatic carbocycles. The SMILES string of the molecule is CC(CC(F)(F)F)NC(=O)c1cc(Br)cc(Br)c1. The van der Waals surface area contributed by atoms with Crippen molar-refractivity contribution in [2.75, 3.05) is 0 Å². The maximum Gasteiger partial charge on any atom is 0.391 e. The summed E-state index contributed by atoms with van der Waals surface area (Å²) in [5, 5.41) is 2.31. The molecule has 1 amide bonds. The summed E-state index contributed by atoms with van der Waals surface area (Å²) >= 11 is 6.41. The Kier molecular flexibility index (Phi) is 5.21. The van der Waals surface area contributed by atoms with Crippen LogP contribution in [0, 0.1) is 0 Å². The van der Waals surface area contributed by atoms with Crippen molar-refractivity contribution in [2.24, 2.45) is 0 Å². The molecular weight excluding hydrogens is 379 g/mol. The van der Waals surface area contributed by atoms with E-state index < -0.39 is 24.5 Å². The van der Waals surface area contributed by atoms with E-state index in [9.17, 15) is 18.0 Å². The van der Waals surface area contributed by atoms with Crippen LogP contribution in [0.4, 0.5) is 13.2 Å². The quantitative estimate of drug-likeness (QED) is 0.822. The van der Waals surface area contributed by atoms with Gasteiger partial charge in [0.05, 0.1) is 6.42 Å². The molecule has 1 rings (SSSR count). The summed E-state index contributed by atoms with van der Waals surface area (Å²) in [6.07, 6.45) is -5.33. The molecule has 100 valence electrons. The van der Waals surface area contributed by atoms with Gasteiger partial charge in [-0.05, 0) is 25.1 Å². The first-order valence-corrected chi connectivity index (χ1v) is 6.59. The Morgan fingerprint density at radius 3 is 2.22 bits per heavy atom. The van der Waals surface area contributed by atoms with Crippen molar-refractivity contribution < 1.29 is 18.0 Å². The van der Waals surface area contributed by atoms with Gasteiger partial charge in [-0.15, -0.1) is 0 Å². The molecule has 1 unspecified atom stereocenters. The van der Waals surface area contributed by atoms with E-state index >= 15 is 0 Å². The summed E-state index contributed by atoms with van der Waals surface area (Å²) in [4.78, 5) is 11.7. The van der Waals surface area contributed by atoms with Gasteiger partial charge in [0.2, 0.25) is 0 Å². The van der Waals surface area contributed by atoms with E-state index in [1.54, 1.807) is 18.2 Å². The number of rotatable bonds is 3. The van der Waals surface area contributed by atoms with E-state index in [-0.39, 0.29) is 0 Å². The number of hydrogen-bond donors (Lipinski definition) is 1. The summed E-state index contributed by atoms with van der Waals surface area (Å²) in [5.41, 5.74) is 0.297. The number of carbonyl (C=O) groups is 1. The van der Waals surface area contributed by atoms with Crippen LogP contribution in [0.25, 0.3) is 0 Å². The Morgan fingerprint density at radius 1 is 1.28 bits per heavy atom. The maximum atomic E-state index is 12.1. The third-order valence-corrected chi connectivity index (χ3v) is 2.96. The van der Waals surface area contributed by atoms with Gasteiger partial charge < -0.3 is 5.32 Å². The lowest BCUT2D eigenvalue weighted by Gasteiger charge is -2.16. The molecule has 0 aliphatic heterocycles. The van der Waals surface area contributed by atoms with E-state index in [0.717, 1.165) is 0 Å². The van der Waals surface area contributed by atoms with Crippen LogP contribution in [-0.4, -0.2) is 18.1 Å². The molecule has 0 fully saturated rings. The maximum absolute atomic E-state index is 12.1. The molecule has 0 aliphatic carbocycles. The summed E-state index contributed by atoms with van der Waals surface area (Å²) in [7, 11) is 0. The third-order valence-electron chi connectivity index (χ3n) is 2.04. The third kappa shape index (κ3) is 5.39. The molecule has 18 heavy (non-hydrogen) atoms. The first-order chi connectivity index (χ1) is 8.17. The molecule has 0 aliphatic rings. The van der Waals surface area contributed by atoms with Crippen LogP contribution in [0.1, 0.15) is 23.7 Å². The van der Waals surface area contributed by atoms with Gasteiger partial charge in [-0.3, -0.25) is 4.79 Å². The molecule has 0 saturated carbocycles. The molecule has 0 bridgehead atoms. The van der Waals surface area contributed by atoms with Crippen LogP contribution < -0.4 is 5.32 Å². The van der Waals surface area contributed by atoms with E-state index in [4.69, 9.17) is 0 Å². The molecule has 1 N–H and O–H groups in total. The van der Waals surface area contributed by atoms with Gasteiger partial charge in [0.1, 0.15) is 0 Å². The van der Waals surface area contributed by atoms with E-state index in [1.807, 2.05) is 0 Å². The minimum absolute atomic E-state index is 0.297. The van der Waals surface area contributed by atoms with Gasteiger partial charge in [0, 0.05) is 20.6 Å². The minimum atomic E-state index is -4.29. The molecule has 0 spiro atoms. The number of alkyl halides is 3. The Hall–Kier alpha value is -0.560. The van der Waals surface area contributed by atoms with Crippen molar-refractivity contribution in [1.29, 1.82) is 0 Å². The highest BCUT2D eigenvalue weighted by Gasteiger charge is 2.30. The first-order valence-electron chi connectivity index (χ1n) is 5.01. The second-order valence-electron chi connectivity index (χ2n) is 3.85. The second-order valence-corrected chi connectivity index (χ2v) is 5.68. The lowest BCUT2D eigenvalue weighted by Crippen LogP contribution is -2.35. The fourth-order valence-corrected chi connectivity index (χ4v) is 2.68. The number of benzene rings is 1. The Balaban J connectivity index is 2.70. The molecule has 2 nitrogen and oxygen atoms in total. The number of amides is 1. The molecule has 0 aromatic heterocycles. The molecule has 0 saturated heterocycles. The second kappa shape index (κ2) is 6.06. The summed E-state index contributed by atoms with van der Waals surface area (Å²) in [6, 6.07) is 3.85.